The predicted molar refractivity (Wildman–Crippen MR) is 89.1 cm³/mol. The van der Waals surface area contributed by atoms with Crippen LogP contribution >= 0.6 is 11.3 Å². The van der Waals surface area contributed by atoms with Gasteiger partial charge in [-0.15, -0.1) is 0 Å². The molecule has 1 aromatic heterocycles. The predicted octanol–water partition coefficient (Wildman–Crippen LogP) is 1.82. The van der Waals surface area contributed by atoms with Crippen molar-refractivity contribution in [2.45, 2.75) is 19.9 Å². The summed E-state index contributed by atoms with van der Waals surface area (Å²) in [5.41, 5.74) is 1.36. The standard InChI is InChI=1S/C16H18N2O5S/c1-3-22-15(20)14-10(2)17-16(21)18-12(14)8-23-13(19)5-4-11-6-7-24-9-11/h4-7,9-10H,3,8H2,1-2H3,(H2,17,18,21)/b5-4+. The number of urea groups is 1. The first-order valence-electron chi connectivity index (χ1n) is 7.36. The van der Waals surface area contributed by atoms with Gasteiger partial charge in [-0.1, -0.05) is 0 Å². The zero-order valence-electron chi connectivity index (χ0n) is 13.3. The summed E-state index contributed by atoms with van der Waals surface area (Å²) in [6.45, 7) is 3.33. The van der Waals surface area contributed by atoms with Gasteiger partial charge < -0.3 is 20.1 Å². The Labute approximate surface area is 143 Å². The molecule has 1 aromatic rings. The molecule has 0 fully saturated rings. The van der Waals surface area contributed by atoms with Crippen LogP contribution < -0.4 is 10.6 Å². The smallest absolute Gasteiger partial charge is 0.338 e. The molecule has 0 saturated heterocycles. The first kappa shape index (κ1) is 17.7. The zero-order valence-corrected chi connectivity index (χ0v) is 14.1. The fourth-order valence-corrected chi connectivity index (χ4v) is 2.75. The molecule has 2 rings (SSSR count). The van der Waals surface area contributed by atoms with Crippen LogP contribution in [0.2, 0.25) is 0 Å². The van der Waals surface area contributed by atoms with Crippen LogP contribution in [0.15, 0.2) is 34.2 Å². The van der Waals surface area contributed by atoms with Gasteiger partial charge >= 0.3 is 18.0 Å². The lowest BCUT2D eigenvalue weighted by atomic mass is 10.0. The summed E-state index contributed by atoms with van der Waals surface area (Å²) in [6, 6.07) is 0.869. The topological polar surface area (TPSA) is 93.7 Å². The Bertz CT molecular complexity index is 679. The summed E-state index contributed by atoms with van der Waals surface area (Å²) < 4.78 is 10.1. The van der Waals surface area contributed by atoms with E-state index in [1.165, 1.54) is 17.4 Å². The fraction of sp³-hybridized carbons (Fsp3) is 0.312. The number of nitrogens with one attached hydrogen (secondary N) is 2. The summed E-state index contributed by atoms with van der Waals surface area (Å²) >= 11 is 1.52. The normalized spacial score (nSPS) is 17.4. The van der Waals surface area contributed by atoms with Crippen molar-refractivity contribution in [3.8, 4) is 0 Å². The number of hydrogen-bond acceptors (Lipinski definition) is 6. The molecule has 2 heterocycles. The molecule has 8 heteroatoms. The molecule has 0 aliphatic carbocycles. The molecular formula is C16H18N2O5S. The zero-order chi connectivity index (χ0) is 17.5. The first-order chi connectivity index (χ1) is 11.5. The van der Waals surface area contributed by atoms with Crippen molar-refractivity contribution in [2.75, 3.05) is 13.2 Å². The third kappa shape index (κ3) is 4.69. The lowest BCUT2D eigenvalue weighted by Crippen LogP contribution is -2.50. The Kier molecular flexibility index (Phi) is 6.14. The maximum atomic E-state index is 12.0. The molecule has 0 aromatic carbocycles. The summed E-state index contributed by atoms with van der Waals surface area (Å²) in [6.07, 6.45) is 2.92. The van der Waals surface area contributed by atoms with Gasteiger partial charge in [0.1, 0.15) is 6.61 Å². The van der Waals surface area contributed by atoms with Gasteiger partial charge in [-0.05, 0) is 42.3 Å². The molecule has 1 atom stereocenters. The molecule has 1 aliphatic rings. The Morgan fingerprint density at radius 1 is 1.38 bits per heavy atom. The monoisotopic (exact) mass is 350 g/mol. The van der Waals surface area contributed by atoms with Crippen molar-refractivity contribution in [1.29, 1.82) is 0 Å². The second-order valence-electron chi connectivity index (χ2n) is 4.93. The van der Waals surface area contributed by atoms with Crippen molar-refractivity contribution in [2.24, 2.45) is 0 Å². The quantitative estimate of drug-likeness (QED) is 0.603. The van der Waals surface area contributed by atoms with Crippen LogP contribution in [-0.2, 0) is 19.1 Å². The summed E-state index contributed by atoms with van der Waals surface area (Å²) in [4.78, 5) is 35.4. The minimum atomic E-state index is -0.572. The molecule has 0 radical (unpaired) electrons. The molecular weight excluding hydrogens is 332 g/mol. The average Bonchev–Trinajstić information content (AvgIpc) is 3.03. The molecule has 1 unspecified atom stereocenters. The fourth-order valence-electron chi connectivity index (χ4n) is 2.12. The van der Waals surface area contributed by atoms with Crippen molar-refractivity contribution in [3.63, 3.8) is 0 Å². The number of hydrogen-bond donors (Lipinski definition) is 2. The highest BCUT2D eigenvalue weighted by molar-refractivity contribution is 7.08. The lowest BCUT2D eigenvalue weighted by molar-refractivity contribution is -0.140. The maximum absolute atomic E-state index is 12.0. The molecule has 2 N–H and O–H groups in total. The van der Waals surface area contributed by atoms with Gasteiger partial charge in [-0.3, -0.25) is 0 Å². The molecule has 0 bridgehead atoms. The Balaban J connectivity index is 2.05. The van der Waals surface area contributed by atoms with Crippen LogP contribution in [0.3, 0.4) is 0 Å². The number of thiophene rings is 1. The molecule has 0 spiro atoms. The lowest BCUT2D eigenvalue weighted by Gasteiger charge is -2.26. The molecule has 2 amide bonds. The van der Waals surface area contributed by atoms with E-state index >= 15 is 0 Å². The van der Waals surface area contributed by atoms with Gasteiger partial charge in [-0.25, -0.2) is 14.4 Å². The number of rotatable bonds is 6. The van der Waals surface area contributed by atoms with E-state index in [1.54, 1.807) is 19.9 Å². The number of esters is 2. The van der Waals surface area contributed by atoms with Crippen LogP contribution in [0, 0.1) is 0 Å². The van der Waals surface area contributed by atoms with E-state index in [1.807, 2.05) is 16.8 Å². The van der Waals surface area contributed by atoms with Crippen molar-refractivity contribution < 1.29 is 23.9 Å². The third-order valence-electron chi connectivity index (χ3n) is 3.18. The van der Waals surface area contributed by atoms with Gasteiger partial charge in [0, 0.05) is 6.08 Å². The van der Waals surface area contributed by atoms with Crippen molar-refractivity contribution >= 4 is 35.4 Å². The van der Waals surface area contributed by atoms with Crippen LogP contribution in [0.1, 0.15) is 19.4 Å². The van der Waals surface area contributed by atoms with Crippen LogP contribution in [-0.4, -0.2) is 37.2 Å². The first-order valence-corrected chi connectivity index (χ1v) is 8.30. The highest BCUT2D eigenvalue weighted by Crippen LogP contribution is 2.15. The van der Waals surface area contributed by atoms with E-state index in [9.17, 15) is 14.4 Å². The molecule has 24 heavy (non-hydrogen) atoms. The molecule has 1 aliphatic heterocycles. The Hall–Kier alpha value is -2.61. The van der Waals surface area contributed by atoms with Crippen LogP contribution in [0.4, 0.5) is 4.79 Å². The average molecular weight is 350 g/mol. The van der Waals surface area contributed by atoms with E-state index in [0.29, 0.717) is 0 Å². The molecule has 0 saturated carbocycles. The highest BCUT2D eigenvalue weighted by Gasteiger charge is 2.30. The number of ether oxygens (including phenoxy) is 2. The van der Waals surface area contributed by atoms with Gasteiger partial charge in [0.05, 0.1) is 23.9 Å². The third-order valence-corrected chi connectivity index (χ3v) is 3.88. The van der Waals surface area contributed by atoms with E-state index in [4.69, 9.17) is 9.47 Å². The van der Waals surface area contributed by atoms with Crippen LogP contribution in [0.5, 0.6) is 0 Å². The van der Waals surface area contributed by atoms with Gasteiger partial charge in [0.2, 0.25) is 0 Å². The van der Waals surface area contributed by atoms with E-state index < -0.39 is 24.0 Å². The second-order valence-corrected chi connectivity index (χ2v) is 5.71. The van der Waals surface area contributed by atoms with E-state index in [-0.39, 0.29) is 24.5 Å². The van der Waals surface area contributed by atoms with Gasteiger partial charge in [0.25, 0.3) is 0 Å². The SMILES string of the molecule is CCOC(=O)C1=C(COC(=O)/C=C/c2ccsc2)NC(=O)NC1C. The largest absolute Gasteiger partial charge is 0.463 e. The minimum absolute atomic E-state index is 0.208. The maximum Gasteiger partial charge on any atom is 0.338 e. The molecule has 128 valence electrons. The Morgan fingerprint density at radius 2 is 2.17 bits per heavy atom. The number of carbonyl (C=O) groups excluding carboxylic acids is 3. The number of carbonyl (C=O) groups is 3. The second kappa shape index (κ2) is 8.30. The van der Waals surface area contributed by atoms with E-state index in [0.717, 1.165) is 5.56 Å². The van der Waals surface area contributed by atoms with Crippen LogP contribution in [0.25, 0.3) is 6.08 Å². The minimum Gasteiger partial charge on any atom is -0.463 e. The number of amides is 2. The molecule has 7 nitrogen and oxygen atoms in total. The van der Waals surface area contributed by atoms with Crippen molar-refractivity contribution in [1.82, 2.24) is 10.6 Å². The van der Waals surface area contributed by atoms with Crippen molar-refractivity contribution in [3.05, 3.63) is 39.7 Å². The summed E-state index contributed by atoms with van der Waals surface area (Å²) in [5, 5.41) is 8.84. The van der Waals surface area contributed by atoms with Gasteiger partial charge in [-0.2, -0.15) is 11.3 Å². The van der Waals surface area contributed by atoms with E-state index in [2.05, 4.69) is 10.6 Å². The summed E-state index contributed by atoms with van der Waals surface area (Å²) in [7, 11) is 0. The summed E-state index contributed by atoms with van der Waals surface area (Å²) in [5.74, 6) is -1.13. The Morgan fingerprint density at radius 3 is 2.83 bits per heavy atom. The highest BCUT2D eigenvalue weighted by atomic mass is 32.1. The van der Waals surface area contributed by atoms with Gasteiger partial charge in [0.15, 0.2) is 0 Å².